The summed E-state index contributed by atoms with van der Waals surface area (Å²) >= 11 is 6.41. The molecule has 0 aliphatic rings. The summed E-state index contributed by atoms with van der Waals surface area (Å²) in [6, 6.07) is 6.28. The number of methoxy groups -OCH3 is 3. The summed E-state index contributed by atoms with van der Waals surface area (Å²) in [6.07, 6.45) is 2.68. The predicted molar refractivity (Wildman–Crippen MR) is 146 cm³/mol. The average Bonchev–Trinajstić information content (AvgIpc) is 3.34. The summed E-state index contributed by atoms with van der Waals surface area (Å²) in [5.41, 5.74) is 1.17. The summed E-state index contributed by atoms with van der Waals surface area (Å²) in [4.78, 5) is 25.3. The lowest BCUT2D eigenvalue weighted by atomic mass is 10.1. The third kappa shape index (κ3) is 7.77. The number of hydrogen-bond donors (Lipinski definition) is 1. The van der Waals surface area contributed by atoms with E-state index in [9.17, 15) is 14.7 Å². The van der Waals surface area contributed by atoms with Crippen molar-refractivity contribution in [2.45, 2.75) is 45.8 Å². The maximum absolute atomic E-state index is 12.9. The minimum atomic E-state index is -0.568. The predicted octanol–water partition coefficient (Wildman–Crippen LogP) is 4.92. The molecule has 0 aliphatic heterocycles. The molecule has 212 valence electrons. The van der Waals surface area contributed by atoms with Gasteiger partial charge in [0.2, 0.25) is 5.75 Å². The topological polar surface area (TPSA) is 118 Å². The second kappa shape index (κ2) is 14.0. The Labute approximate surface area is 232 Å². The Bertz CT molecular complexity index is 1270. The van der Waals surface area contributed by atoms with Crippen LogP contribution in [-0.2, 0) is 16.0 Å². The number of carbonyl (C=O) groups is 2. The molecule has 10 nitrogen and oxygen atoms in total. The van der Waals surface area contributed by atoms with Crippen LogP contribution in [0.15, 0.2) is 30.5 Å². The molecule has 0 spiro atoms. The van der Waals surface area contributed by atoms with Crippen molar-refractivity contribution in [1.82, 2.24) is 9.78 Å². The Kier molecular flexibility index (Phi) is 10.8. The van der Waals surface area contributed by atoms with Crippen molar-refractivity contribution in [2.24, 2.45) is 5.92 Å². The second-order valence-corrected chi connectivity index (χ2v) is 9.78. The van der Waals surface area contributed by atoms with E-state index in [1.165, 1.54) is 33.5 Å². The number of aliphatic hydroxyl groups excluding tert-OH is 1. The number of carbonyl (C=O) groups excluding carboxylic acids is 2. The van der Waals surface area contributed by atoms with Crippen molar-refractivity contribution in [3.63, 3.8) is 0 Å². The Hall–Kier alpha value is -3.50. The third-order valence-electron chi connectivity index (χ3n) is 5.94. The normalized spacial score (nSPS) is 11.9. The van der Waals surface area contributed by atoms with Crippen LogP contribution < -0.4 is 14.2 Å². The molecule has 11 heteroatoms. The maximum atomic E-state index is 12.9. The molecule has 0 radical (unpaired) electrons. The van der Waals surface area contributed by atoms with Crippen LogP contribution in [0.4, 0.5) is 0 Å². The summed E-state index contributed by atoms with van der Waals surface area (Å²) in [5, 5.41) is 15.2. The highest BCUT2D eigenvalue weighted by atomic mass is 35.5. The first-order chi connectivity index (χ1) is 18.7. The summed E-state index contributed by atoms with van der Waals surface area (Å²) < 4.78 is 28.7. The smallest absolute Gasteiger partial charge is 0.338 e. The van der Waals surface area contributed by atoms with Gasteiger partial charge in [-0.2, -0.15) is 5.10 Å². The highest BCUT2D eigenvalue weighted by Crippen LogP contribution is 2.38. The molecule has 0 saturated carbocycles. The number of aryl methyl sites for hydroxylation is 1. The van der Waals surface area contributed by atoms with Gasteiger partial charge in [0.1, 0.15) is 6.10 Å². The van der Waals surface area contributed by atoms with Gasteiger partial charge in [0.25, 0.3) is 0 Å². The van der Waals surface area contributed by atoms with E-state index in [0.717, 1.165) is 5.39 Å². The molecule has 39 heavy (non-hydrogen) atoms. The zero-order chi connectivity index (χ0) is 28.5. The lowest BCUT2D eigenvalue weighted by Gasteiger charge is -2.18. The van der Waals surface area contributed by atoms with Crippen molar-refractivity contribution >= 4 is 34.4 Å². The highest BCUT2D eigenvalue weighted by molar-refractivity contribution is 6.35. The van der Waals surface area contributed by atoms with E-state index in [-0.39, 0.29) is 24.5 Å². The van der Waals surface area contributed by atoms with Crippen LogP contribution in [0.3, 0.4) is 0 Å². The molecule has 3 rings (SSSR count). The quantitative estimate of drug-likeness (QED) is 0.273. The first-order valence-corrected chi connectivity index (χ1v) is 13.0. The van der Waals surface area contributed by atoms with E-state index in [1.54, 1.807) is 16.8 Å². The van der Waals surface area contributed by atoms with Gasteiger partial charge in [-0.3, -0.25) is 4.68 Å². The minimum absolute atomic E-state index is 0.135. The number of nitrogens with zero attached hydrogens (tertiary/aromatic N) is 2. The van der Waals surface area contributed by atoms with Crippen LogP contribution in [0, 0.1) is 5.92 Å². The van der Waals surface area contributed by atoms with Crippen molar-refractivity contribution < 1.29 is 38.4 Å². The van der Waals surface area contributed by atoms with Crippen molar-refractivity contribution in [3.8, 4) is 17.2 Å². The van der Waals surface area contributed by atoms with Gasteiger partial charge in [0.15, 0.2) is 11.5 Å². The molecule has 0 fully saturated rings. The minimum Gasteiger partial charge on any atom is -0.493 e. The molecule has 2 aromatic carbocycles. The van der Waals surface area contributed by atoms with Gasteiger partial charge in [-0.05, 0) is 43.0 Å². The van der Waals surface area contributed by atoms with Crippen molar-refractivity contribution in [1.29, 1.82) is 0 Å². The summed E-state index contributed by atoms with van der Waals surface area (Å²) in [5.74, 6) is 0.258. The number of benzene rings is 2. The molecule has 1 N–H and O–H groups in total. The van der Waals surface area contributed by atoms with Crippen LogP contribution >= 0.6 is 11.6 Å². The van der Waals surface area contributed by atoms with Gasteiger partial charge in [-0.1, -0.05) is 25.4 Å². The van der Waals surface area contributed by atoms with E-state index >= 15 is 0 Å². The van der Waals surface area contributed by atoms with Gasteiger partial charge in [0.05, 0.1) is 49.6 Å². The number of halogens is 1. The second-order valence-electron chi connectivity index (χ2n) is 9.37. The fraction of sp³-hybridized carbons (Fsp3) is 0.464. The molecule has 0 bridgehead atoms. The molecule has 1 aromatic heterocycles. The Morgan fingerprint density at radius 3 is 2.23 bits per heavy atom. The zero-order valence-electron chi connectivity index (χ0n) is 22.9. The van der Waals surface area contributed by atoms with Crippen LogP contribution in [0.1, 0.15) is 53.8 Å². The monoisotopic (exact) mass is 562 g/mol. The number of aliphatic hydroxyl groups is 1. The number of fused-ring (bicyclic) bond motifs is 1. The van der Waals surface area contributed by atoms with Crippen molar-refractivity contribution in [3.05, 3.63) is 46.6 Å². The molecule has 1 unspecified atom stereocenters. The highest BCUT2D eigenvalue weighted by Gasteiger charge is 2.21. The Morgan fingerprint density at radius 2 is 1.64 bits per heavy atom. The summed E-state index contributed by atoms with van der Waals surface area (Å²) in [6.45, 7) is 4.63. The Morgan fingerprint density at radius 1 is 0.974 bits per heavy atom. The standard InChI is InChI=1S/C28H35ClN2O8/c1-17(2)16-38-27(33)18-11-22(29)21-15-31(30-23(21)12-18)9-6-7-20(8-10-32)39-28(34)19-13-24(35-3)26(37-5)25(14-19)36-4/h11-15,17,20,32H,6-10,16H2,1-5H3. The van der Waals surface area contributed by atoms with Crippen LogP contribution in [-0.4, -0.2) is 67.5 Å². The Balaban J connectivity index is 1.65. The average molecular weight is 563 g/mol. The van der Waals surface area contributed by atoms with E-state index in [0.29, 0.717) is 59.3 Å². The van der Waals surface area contributed by atoms with E-state index < -0.39 is 18.0 Å². The third-order valence-corrected chi connectivity index (χ3v) is 6.26. The zero-order valence-corrected chi connectivity index (χ0v) is 23.6. The van der Waals surface area contributed by atoms with Gasteiger partial charge < -0.3 is 28.8 Å². The first-order valence-electron chi connectivity index (χ1n) is 12.7. The van der Waals surface area contributed by atoms with Crippen LogP contribution in [0.2, 0.25) is 5.02 Å². The van der Waals surface area contributed by atoms with E-state index in [1.807, 2.05) is 20.0 Å². The molecule has 0 saturated heterocycles. The van der Waals surface area contributed by atoms with Crippen LogP contribution in [0.5, 0.6) is 17.2 Å². The summed E-state index contributed by atoms with van der Waals surface area (Å²) in [7, 11) is 4.41. The van der Waals surface area contributed by atoms with Gasteiger partial charge in [-0.25, -0.2) is 9.59 Å². The number of hydrogen-bond acceptors (Lipinski definition) is 9. The van der Waals surface area contributed by atoms with Gasteiger partial charge in [-0.15, -0.1) is 0 Å². The molecule has 0 aliphatic carbocycles. The molecular formula is C28H35ClN2O8. The molecule has 1 heterocycles. The molecule has 3 aromatic rings. The van der Waals surface area contributed by atoms with Crippen LogP contribution in [0.25, 0.3) is 10.9 Å². The molecule has 0 amide bonds. The largest absolute Gasteiger partial charge is 0.493 e. The molecule has 1 atom stereocenters. The number of esters is 2. The lowest BCUT2D eigenvalue weighted by Crippen LogP contribution is -2.20. The fourth-order valence-electron chi connectivity index (χ4n) is 3.99. The van der Waals surface area contributed by atoms with E-state index in [2.05, 4.69) is 5.10 Å². The maximum Gasteiger partial charge on any atom is 0.338 e. The van der Waals surface area contributed by atoms with Crippen molar-refractivity contribution in [2.75, 3.05) is 34.5 Å². The van der Waals surface area contributed by atoms with E-state index in [4.69, 9.17) is 35.3 Å². The number of ether oxygens (including phenoxy) is 5. The number of rotatable bonds is 14. The molecular weight excluding hydrogens is 528 g/mol. The van der Waals surface area contributed by atoms with Gasteiger partial charge >= 0.3 is 11.9 Å². The SMILES string of the molecule is COc1cc(C(=O)OC(CCO)CCCn2cc3c(Cl)cc(C(=O)OCC(C)C)cc3n2)cc(OC)c1OC. The first kappa shape index (κ1) is 30.0. The fourth-order valence-corrected chi connectivity index (χ4v) is 4.26. The number of aromatic nitrogens is 2. The van der Waals surface area contributed by atoms with Gasteiger partial charge in [0, 0.05) is 31.2 Å². The lowest BCUT2D eigenvalue weighted by molar-refractivity contribution is 0.0211.